The topological polar surface area (TPSA) is 26.3 Å². The molecule has 0 heterocycles. The minimum Gasteiger partial charge on any atom is -0.496 e. The largest absolute Gasteiger partial charge is 0.496 e. The highest BCUT2D eigenvalue weighted by molar-refractivity contribution is 5.75. The Kier molecular flexibility index (Phi) is 6.41. The van der Waals surface area contributed by atoms with E-state index in [1.807, 2.05) is 0 Å². The Balaban J connectivity index is 2.95. The van der Waals surface area contributed by atoms with Crippen molar-refractivity contribution in [2.24, 2.45) is 0 Å². The molecule has 0 bridgehead atoms. The number of carbonyl (C=O) groups excluding carboxylic acids is 1. The van der Waals surface area contributed by atoms with Gasteiger partial charge in [0.2, 0.25) is 0 Å². The Morgan fingerprint density at radius 1 is 1.19 bits per heavy atom. The van der Waals surface area contributed by atoms with Gasteiger partial charge in [-0.25, -0.2) is 0 Å². The lowest BCUT2D eigenvalue weighted by Gasteiger charge is -2.13. The van der Waals surface area contributed by atoms with Crippen molar-refractivity contribution in [1.29, 1.82) is 0 Å². The Labute approximate surface area is 128 Å². The maximum atomic E-state index is 10.9. The first-order valence-corrected chi connectivity index (χ1v) is 7.36. The number of hydrogen-bond donors (Lipinski definition) is 0. The summed E-state index contributed by atoms with van der Waals surface area (Å²) in [7, 11) is 1.71. The van der Waals surface area contributed by atoms with E-state index in [1.54, 1.807) is 14.0 Å². The van der Waals surface area contributed by atoms with Gasteiger partial charge >= 0.3 is 0 Å². The molecule has 0 saturated carbocycles. The van der Waals surface area contributed by atoms with Gasteiger partial charge in [-0.2, -0.15) is 0 Å². The zero-order valence-corrected chi connectivity index (χ0v) is 14.0. The lowest BCUT2D eigenvalue weighted by molar-refractivity contribution is -0.116. The van der Waals surface area contributed by atoms with Crippen LogP contribution in [0, 0.1) is 20.8 Å². The number of Topliss-reactive ketones (excluding diaryl/α,β-unsaturated/α-hetero) is 1. The van der Waals surface area contributed by atoms with Crippen molar-refractivity contribution in [2.75, 3.05) is 7.11 Å². The molecular weight excluding hydrogens is 260 g/mol. The molecule has 1 rings (SSSR count). The average molecular weight is 286 g/mol. The van der Waals surface area contributed by atoms with Crippen LogP contribution in [0.1, 0.15) is 48.9 Å². The van der Waals surface area contributed by atoms with E-state index < -0.39 is 0 Å². The highest BCUT2D eigenvalue weighted by Crippen LogP contribution is 2.28. The maximum absolute atomic E-state index is 10.9. The van der Waals surface area contributed by atoms with Gasteiger partial charge in [0.25, 0.3) is 0 Å². The third kappa shape index (κ3) is 4.89. The summed E-state index contributed by atoms with van der Waals surface area (Å²) in [6, 6.07) is 2.08. The normalized spacial score (nSPS) is 12.0. The van der Waals surface area contributed by atoms with Crippen LogP contribution in [0.15, 0.2) is 23.8 Å². The van der Waals surface area contributed by atoms with Gasteiger partial charge in [0.1, 0.15) is 11.5 Å². The quantitative estimate of drug-likeness (QED) is 0.692. The summed E-state index contributed by atoms with van der Waals surface area (Å²) < 4.78 is 5.40. The van der Waals surface area contributed by atoms with Gasteiger partial charge in [-0.3, -0.25) is 0 Å². The summed E-state index contributed by atoms with van der Waals surface area (Å²) in [5.74, 6) is 1.18. The Hall–Kier alpha value is -1.83. The first kappa shape index (κ1) is 17.2. The standard InChI is InChI=1S/C19H26O2/c1-13(8-7-9-15(3)20)10-11-18-14(2)12-19(21-6)17(5)16(18)4/h8,10-12H,7,9H2,1-6H3. The lowest BCUT2D eigenvalue weighted by atomic mass is 9.96. The molecule has 21 heavy (non-hydrogen) atoms. The fourth-order valence-corrected chi connectivity index (χ4v) is 2.32. The van der Waals surface area contributed by atoms with Crippen molar-refractivity contribution in [2.45, 2.75) is 47.5 Å². The van der Waals surface area contributed by atoms with Crippen LogP contribution in [0.3, 0.4) is 0 Å². The van der Waals surface area contributed by atoms with Crippen LogP contribution in [0.25, 0.3) is 6.08 Å². The third-order valence-electron chi connectivity index (χ3n) is 3.80. The van der Waals surface area contributed by atoms with Crippen LogP contribution in [-0.2, 0) is 4.79 Å². The van der Waals surface area contributed by atoms with Crippen LogP contribution in [0.2, 0.25) is 0 Å². The lowest BCUT2D eigenvalue weighted by Crippen LogP contribution is -1.95. The van der Waals surface area contributed by atoms with Crippen LogP contribution in [0.5, 0.6) is 5.75 Å². The molecule has 0 saturated heterocycles. The smallest absolute Gasteiger partial charge is 0.130 e. The van der Waals surface area contributed by atoms with E-state index in [-0.39, 0.29) is 5.78 Å². The molecule has 0 spiro atoms. The summed E-state index contributed by atoms with van der Waals surface area (Å²) in [5.41, 5.74) is 6.07. The molecule has 0 N–H and O–H groups in total. The number of methoxy groups -OCH3 is 1. The molecule has 0 aromatic heterocycles. The Bertz CT molecular complexity index is 578. The van der Waals surface area contributed by atoms with Crippen LogP contribution < -0.4 is 4.74 Å². The zero-order chi connectivity index (χ0) is 16.0. The predicted molar refractivity (Wildman–Crippen MR) is 89.9 cm³/mol. The molecule has 1 aromatic rings. The molecule has 0 aliphatic rings. The van der Waals surface area contributed by atoms with Gasteiger partial charge in [-0.05, 0) is 69.4 Å². The average Bonchev–Trinajstić information content (AvgIpc) is 2.42. The van der Waals surface area contributed by atoms with Gasteiger partial charge in [0.15, 0.2) is 0 Å². The van der Waals surface area contributed by atoms with Crippen molar-refractivity contribution in [3.8, 4) is 5.75 Å². The minimum absolute atomic E-state index is 0.237. The molecule has 1 aromatic carbocycles. The van der Waals surface area contributed by atoms with E-state index in [2.05, 4.69) is 52.0 Å². The molecule has 0 aliphatic heterocycles. The minimum atomic E-state index is 0.237. The van der Waals surface area contributed by atoms with Gasteiger partial charge in [0.05, 0.1) is 7.11 Å². The third-order valence-corrected chi connectivity index (χ3v) is 3.80. The van der Waals surface area contributed by atoms with E-state index in [4.69, 9.17) is 4.74 Å². The second-order valence-electron chi connectivity index (χ2n) is 5.58. The molecule has 0 fully saturated rings. The molecule has 0 amide bonds. The molecule has 2 heteroatoms. The van der Waals surface area contributed by atoms with Crippen molar-refractivity contribution in [3.63, 3.8) is 0 Å². The van der Waals surface area contributed by atoms with Crippen LogP contribution in [-0.4, -0.2) is 12.9 Å². The van der Waals surface area contributed by atoms with Gasteiger partial charge in [-0.1, -0.05) is 23.8 Å². The SMILES string of the molecule is COc1cc(C)c(C=CC(C)=CCCC(C)=O)c(C)c1C. The Morgan fingerprint density at radius 2 is 1.86 bits per heavy atom. The zero-order valence-electron chi connectivity index (χ0n) is 14.0. The van der Waals surface area contributed by atoms with Crippen molar-refractivity contribution in [3.05, 3.63) is 46.0 Å². The molecule has 0 aliphatic carbocycles. The number of benzene rings is 1. The van der Waals surface area contributed by atoms with Crippen LogP contribution >= 0.6 is 0 Å². The maximum Gasteiger partial charge on any atom is 0.130 e. The van der Waals surface area contributed by atoms with E-state index >= 15 is 0 Å². The highest BCUT2D eigenvalue weighted by Gasteiger charge is 2.08. The highest BCUT2D eigenvalue weighted by atomic mass is 16.5. The van der Waals surface area contributed by atoms with E-state index in [1.165, 1.54) is 27.8 Å². The molecular formula is C19H26O2. The number of allylic oxidation sites excluding steroid dienone is 3. The summed E-state index contributed by atoms with van der Waals surface area (Å²) in [6.07, 6.45) is 7.80. The molecule has 114 valence electrons. The number of ketones is 1. The van der Waals surface area contributed by atoms with Crippen molar-refractivity contribution < 1.29 is 9.53 Å². The number of carbonyl (C=O) groups is 1. The van der Waals surface area contributed by atoms with Crippen LogP contribution in [0.4, 0.5) is 0 Å². The first-order valence-electron chi connectivity index (χ1n) is 7.36. The number of rotatable bonds is 6. The summed E-state index contributed by atoms with van der Waals surface area (Å²) >= 11 is 0. The first-order chi connectivity index (χ1) is 9.86. The predicted octanol–water partition coefficient (Wildman–Crippen LogP) is 4.95. The molecule has 0 radical (unpaired) electrons. The van der Waals surface area contributed by atoms with E-state index in [0.717, 1.165) is 12.2 Å². The van der Waals surface area contributed by atoms with Crippen molar-refractivity contribution in [1.82, 2.24) is 0 Å². The Morgan fingerprint density at radius 3 is 2.43 bits per heavy atom. The van der Waals surface area contributed by atoms with Gasteiger partial charge in [-0.15, -0.1) is 0 Å². The second-order valence-corrected chi connectivity index (χ2v) is 5.58. The fraction of sp³-hybridized carbons (Fsp3) is 0.421. The van der Waals surface area contributed by atoms with Crippen molar-refractivity contribution >= 4 is 11.9 Å². The molecule has 2 nitrogen and oxygen atoms in total. The van der Waals surface area contributed by atoms with Gasteiger partial charge < -0.3 is 9.53 Å². The number of ether oxygens (including phenoxy) is 1. The number of hydrogen-bond acceptors (Lipinski definition) is 2. The summed E-state index contributed by atoms with van der Waals surface area (Å²) in [5, 5.41) is 0. The second kappa shape index (κ2) is 7.82. The summed E-state index contributed by atoms with van der Waals surface area (Å²) in [6.45, 7) is 10.0. The molecule has 0 unspecified atom stereocenters. The van der Waals surface area contributed by atoms with E-state index in [9.17, 15) is 4.79 Å². The van der Waals surface area contributed by atoms with Gasteiger partial charge in [0, 0.05) is 6.42 Å². The summed E-state index contributed by atoms with van der Waals surface area (Å²) in [4.78, 5) is 10.9. The molecule has 0 atom stereocenters. The monoisotopic (exact) mass is 286 g/mol. The van der Waals surface area contributed by atoms with E-state index in [0.29, 0.717) is 6.42 Å². The number of aryl methyl sites for hydroxylation is 1. The fourth-order valence-electron chi connectivity index (χ4n) is 2.32.